The minimum absolute atomic E-state index is 0.0245. The molecule has 1 N–H and O–H groups in total. The molecule has 1 aromatic carbocycles. The van der Waals surface area contributed by atoms with Crippen molar-refractivity contribution in [2.75, 3.05) is 20.1 Å². The second-order valence-electron chi connectivity index (χ2n) is 5.19. The van der Waals surface area contributed by atoms with E-state index in [1.165, 1.54) is 6.07 Å². The van der Waals surface area contributed by atoms with Crippen molar-refractivity contribution in [1.29, 1.82) is 0 Å². The second-order valence-corrected chi connectivity index (χ2v) is 5.19. The molecule has 0 radical (unpaired) electrons. The molecule has 0 bridgehead atoms. The number of rotatable bonds is 4. The maximum Gasteiger partial charge on any atom is 0.247 e. The minimum Gasteiger partial charge on any atom is -0.335 e. The third-order valence-corrected chi connectivity index (χ3v) is 3.74. The molecule has 2 rings (SSSR count). The number of nitrogens with zero attached hydrogens (tertiary/aromatic N) is 1. The molecule has 1 fully saturated rings. The van der Waals surface area contributed by atoms with Crippen LogP contribution >= 0.6 is 0 Å². The van der Waals surface area contributed by atoms with Crippen LogP contribution in [-0.2, 0) is 4.79 Å². The number of benzene rings is 1. The summed E-state index contributed by atoms with van der Waals surface area (Å²) in [4.78, 5) is 14.2. The summed E-state index contributed by atoms with van der Waals surface area (Å²) in [5.74, 6) is -0.314. The lowest BCUT2D eigenvalue weighted by Gasteiger charge is -2.23. The van der Waals surface area contributed by atoms with Crippen molar-refractivity contribution in [1.82, 2.24) is 10.2 Å². The van der Waals surface area contributed by atoms with Gasteiger partial charge in [-0.2, -0.15) is 0 Å². The van der Waals surface area contributed by atoms with Crippen LogP contribution in [0.25, 0.3) is 5.57 Å². The van der Waals surface area contributed by atoms with Crippen molar-refractivity contribution >= 4 is 11.5 Å². The van der Waals surface area contributed by atoms with E-state index in [9.17, 15) is 9.18 Å². The van der Waals surface area contributed by atoms with Crippen LogP contribution in [0.3, 0.4) is 0 Å². The molecule has 0 spiro atoms. The molecular weight excluding hydrogens is 255 g/mol. The molecule has 0 saturated carbocycles. The molecule has 0 aliphatic carbocycles. The Bertz CT molecular complexity index is 513. The Morgan fingerprint density at radius 2 is 2.25 bits per heavy atom. The van der Waals surface area contributed by atoms with Crippen LogP contribution in [0.15, 0.2) is 30.3 Å². The lowest BCUT2D eigenvalue weighted by Crippen LogP contribution is -2.40. The highest BCUT2D eigenvalue weighted by Gasteiger charge is 2.26. The summed E-state index contributed by atoms with van der Waals surface area (Å²) in [5.41, 5.74) is 1.16. The maximum atomic E-state index is 13.7. The quantitative estimate of drug-likeness (QED) is 0.857. The van der Waals surface area contributed by atoms with Gasteiger partial charge in [0.15, 0.2) is 0 Å². The van der Waals surface area contributed by atoms with Gasteiger partial charge in [0.05, 0.1) is 0 Å². The summed E-state index contributed by atoms with van der Waals surface area (Å²) in [6.45, 7) is 3.37. The highest BCUT2D eigenvalue weighted by molar-refractivity contribution is 5.95. The third kappa shape index (κ3) is 3.25. The van der Waals surface area contributed by atoms with Crippen LogP contribution in [0.2, 0.25) is 0 Å². The number of carbonyl (C=O) groups excluding carboxylic acids is 1. The van der Waals surface area contributed by atoms with Gasteiger partial charge >= 0.3 is 0 Å². The third-order valence-electron chi connectivity index (χ3n) is 3.74. The average molecular weight is 276 g/mol. The average Bonchev–Trinajstić information content (AvgIpc) is 2.88. The van der Waals surface area contributed by atoms with Gasteiger partial charge in [0.1, 0.15) is 5.82 Å². The Hall–Kier alpha value is -1.68. The van der Waals surface area contributed by atoms with E-state index in [1.807, 2.05) is 11.9 Å². The normalized spacial score (nSPS) is 19.4. The van der Waals surface area contributed by atoms with Crippen molar-refractivity contribution in [3.63, 3.8) is 0 Å². The number of halogens is 1. The Morgan fingerprint density at radius 1 is 1.50 bits per heavy atom. The molecule has 1 heterocycles. The first-order chi connectivity index (χ1) is 9.63. The van der Waals surface area contributed by atoms with Gasteiger partial charge in [0.25, 0.3) is 0 Å². The lowest BCUT2D eigenvalue weighted by molar-refractivity contribution is -0.126. The van der Waals surface area contributed by atoms with E-state index in [2.05, 4.69) is 5.32 Å². The molecular formula is C16H21FN2O. The van der Waals surface area contributed by atoms with E-state index < -0.39 is 0 Å². The SMILES string of the molecule is CNCC1CCCN1C(=O)C=C(C)c1ccccc1F. The zero-order valence-electron chi connectivity index (χ0n) is 12.0. The van der Waals surface area contributed by atoms with E-state index in [0.717, 1.165) is 25.9 Å². The molecule has 1 aliphatic heterocycles. The van der Waals surface area contributed by atoms with Crippen LogP contribution < -0.4 is 5.32 Å². The molecule has 0 aromatic heterocycles. The van der Waals surface area contributed by atoms with Gasteiger partial charge in [-0.05, 0) is 38.5 Å². The van der Waals surface area contributed by atoms with Gasteiger partial charge < -0.3 is 10.2 Å². The van der Waals surface area contributed by atoms with Crippen molar-refractivity contribution in [2.45, 2.75) is 25.8 Å². The molecule has 3 nitrogen and oxygen atoms in total. The summed E-state index contributed by atoms with van der Waals surface area (Å²) < 4.78 is 13.7. The van der Waals surface area contributed by atoms with Crippen LogP contribution in [0.4, 0.5) is 4.39 Å². The zero-order valence-corrected chi connectivity index (χ0v) is 12.0. The highest BCUT2D eigenvalue weighted by atomic mass is 19.1. The van der Waals surface area contributed by atoms with Crippen molar-refractivity contribution in [3.05, 3.63) is 41.7 Å². The number of carbonyl (C=O) groups is 1. The fourth-order valence-electron chi connectivity index (χ4n) is 2.70. The molecule has 20 heavy (non-hydrogen) atoms. The van der Waals surface area contributed by atoms with Crippen LogP contribution in [0.1, 0.15) is 25.3 Å². The number of likely N-dealkylation sites (N-methyl/N-ethyl adjacent to an activating group) is 1. The zero-order chi connectivity index (χ0) is 14.5. The van der Waals surface area contributed by atoms with Gasteiger partial charge in [0.2, 0.25) is 5.91 Å². The van der Waals surface area contributed by atoms with Crippen LogP contribution in [-0.4, -0.2) is 37.0 Å². The summed E-state index contributed by atoms with van der Waals surface area (Å²) in [6, 6.07) is 6.79. The predicted octanol–water partition coefficient (Wildman–Crippen LogP) is 2.44. The Balaban J connectivity index is 2.13. The van der Waals surface area contributed by atoms with E-state index >= 15 is 0 Å². The standard InChI is InChI=1S/C16H21FN2O/c1-12(14-7-3-4-8-15(14)17)10-16(20)19-9-5-6-13(19)11-18-2/h3-4,7-8,10,13,18H,5-6,9,11H2,1-2H3. The highest BCUT2D eigenvalue weighted by Crippen LogP contribution is 2.21. The molecule has 1 unspecified atom stereocenters. The van der Waals surface area contributed by atoms with Gasteiger partial charge in [0, 0.05) is 30.8 Å². The summed E-state index contributed by atoms with van der Waals surface area (Å²) in [6.07, 6.45) is 3.61. The maximum absolute atomic E-state index is 13.7. The van der Waals surface area contributed by atoms with Crippen LogP contribution in [0, 0.1) is 5.82 Å². The Kier molecular flexibility index (Phi) is 4.90. The number of nitrogens with one attached hydrogen (secondary N) is 1. The number of hydrogen-bond donors (Lipinski definition) is 1. The molecule has 4 heteroatoms. The minimum atomic E-state index is -0.290. The fourth-order valence-corrected chi connectivity index (χ4v) is 2.70. The molecule has 1 amide bonds. The topological polar surface area (TPSA) is 32.3 Å². The molecule has 1 atom stereocenters. The predicted molar refractivity (Wildman–Crippen MR) is 78.7 cm³/mol. The van der Waals surface area contributed by atoms with Gasteiger partial charge in [-0.1, -0.05) is 18.2 Å². The first kappa shape index (κ1) is 14.7. The van der Waals surface area contributed by atoms with E-state index in [1.54, 1.807) is 31.2 Å². The Labute approximate surface area is 119 Å². The molecule has 108 valence electrons. The largest absolute Gasteiger partial charge is 0.335 e. The van der Waals surface area contributed by atoms with E-state index in [0.29, 0.717) is 11.1 Å². The summed E-state index contributed by atoms with van der Waals surface area (Å²) >= 11 is 0. The number of likely N-dealkylation sites (tertiary alicyclic amines) is 1. The number of amides is 1. The van der Waals surface area contributed by atoms with Crippen molar-refractivity contribution in [2.24, 2.45) is 0 Å². The molecule has 1 aliphatic rings. The van der Waals surface area contributed by atoms with Gasteiger partial charge in [-0.3, -0.25) is 4.79 Å². The first-order valence-corrected chi connectivity index (χ1v) is 7.02. The lowest BCUT2D eigenvalue weighted by atomic mass is 10.1. The smallest absolute Gasteiger partial charge is 0.247 e. The summed E-state index contributed by atoms with van der Waals surface area (Å²) in [5, 5.41) is 3.11. The second kappa shape index (κ2) is 6.66. The number of hydrogen-bond acceptors (Lipinski definition) is 2. The Morgan fingerprint density at radius 3 is 2.95 bits per heavy atom. The molecule has 1 aromatic rings. The van der Waals surface area contributed by atoms with Gasteiger partial charge in [-0.25, -0.2) is 4.39 Å². The van der Waals surface area contributed by atoms with Crippen LogP contribution in [0.5, 0.6) is 0 Å². The van der Waals surface area contributed by atoms with Crippen molar-refractivity contribution in [3.8, 4) is 0 Å². The molecule has 1 saturated heterocycles. The van der Waals surface area contributed by atoms with E-state index in [4.69, 9.17) is 0 Å². The number of allylic oxidation sites excluding steroid dienone is 1. The monoisotopic (exact) mass is 276 g/mol. The first-order valence-electron chi connectivity index (χ1n) is 7.02. The fraction of sp³-hybridized carbons (Fsp3) is 0.438. The van der Waals surface area contributed by atoms with E-state index in [-0.39, 0.29) is 17.8 Å². The van der Waals surface area contributed by atoms with Crippen molar-refractivity contribution < 1.29 is 9.18 Å². The summed E-state index contributed by atoms with van der Waals surface area (Å²) in [7, 11) is 1.89. The van der Waals surface area contributed by atoms with Gasteiger partial charge in [-0.15, -0.1) is 0 Å².